The highest BCUT2D eigenvalue weighted by Crippen LogP contribution is 2.29. The summed E-state index contributed by atoms with van der Waals surface area (Å²) in [5.41, 5.74) is 0.414. The van der Waals surface area contributed by atoms with E-state index in [2.05, 4.69) is 5.32 Å². The highest BCUT2D eigenvalue weighted by atomic mass is 35.5. The fourth-order valence-corrected chi connectivity index (χ4v) is 3.09. The molecule has 0 saturated heterocycles. The van der Waals surface area contributed by atoms with Gasteiger partial charge in [0.15, 0.2) is 0 Å². The number of nitrogens with one attached hydrogen (secondary N) is 1. The number of carbonyl (C=O) groups is 1. The fourth-order valence-electron chi connectivity index (χ4n) is 1.88. The fraction of sp³-hybridized carbons (Fsp3) is 0.533. The molecule has 23 heavy (non-hydrogen) atoms. The number of sulfonamides is 1. The molecule has 8 heteroatoms. The third-order valence-electron chi connectivity index (χ3n) is 3.24. The molecule has 0 unspecified atom stereocenters. The summed E-state index contributed by atoms with van der Waals surface area (Å²) in [6.45, 7) is 4.58. The van der Waals surface area contributed by atoms with Crippen LogP contribution in [0.3, 0.4) is 0 Å². The number of hydrogen-bond donors (Lipinski definition) is 1. The highest BCUT2D eigenvalue weighted by molar-refractivity contribution is 7.88. The third kappa shape index (κ3) is 7.08. The van der Waals surface area contributed by atoms with Crippen LogP contribution in [0.2, 0.25) is 10.0 Å². The van der Waals surface area contributed by atoms with Gasteiger partial charge in [0.25, 0.3) is 0 Å². The number of amides is 1. The first-order chi connectivity index (χ1) is 10.6. The predicted molar refractivity (Wildman–Crippen MR) is 95.6 cm³/mol. The van der Waals surface area contributed by atoms with Crippen LogP contribution in [0.1, 0.15) is 26.7 Å². The SMILES string of the molecule is CC(C)CCN(CCC(=O)Nc1cccc(Cl)c1Cl)S(C)(=O)=O. The molecule has 0 radical (unpaired) electrons. The van der Waals surface area contributed by atoms with Gasteiger partial charge >= 0.3 is 0 Å². The summed E-state index contributed by atoms with van der Waals surface area (Å²) < 4.78 is 24.9. The van der Waals surface area contributed by atoms with Gasteiger partial charge in [-0.2, -0.15) is 0 Å². The molecule has 0 atom stereocenters. The zero-order valence-corrected chi connectivity index (χ0v) is 15.8. The lowest BCUT2D eigenvalue weighted by atomic mass is 10.1. The lowest BCUT2D eigenvalue weighted by Gasteiger charge is -2.20. The van der Waals surface area contributed by atoms with Crippen molar-refractivity contribution in [1.29, 1.82) is 0 Å². The van der Waals surface area contributed by atoms with Gasteiger partial charge in [-0.1, -0.05) is 43.1 Å². The molecule has 1 rings (SSSR count). The molecule has 0 fully saturated rings. The van der Waals surface area contributed by atoms with Crippen LogP contribution < -0.4 is 5.32 Å². The third-order valence-corrected chi connectivity index (χ3v) is 5.36. The molecule has 0 saturated carbocycles. The topological polar surface area (TPSA) is 66.5 Å². The summed E-state index contributed by atoms with van der Waals surface area (Å²) in [5, 5.41) is 3.26. The van der Waals surface area contributed by atoms with E-state index in [0.717, 1.165) is 12.7 Å². The Balaban J connectivity index is 2.63. The lowest BCUT2D eigenvalue weighted by molar-refractivity contribution is -0.116. The number of halogens is 2. The van der Waals surface area contributed by atoms with E-state index in [1.54, 1.807) is 18.2 Å². The Labute approximate surface area is 148 Å². The maximum atomic E-state index is 12.0. The second kappa shape index (κ2) is 8.87. The average Bonchev–Trinajstić information content (AvgIpc) is 2.42. The van der Waals surface area contributed by atoms with Gasteiger partial charge in [0.2, 0.25) is 15.9 Å². The van der Waals surface area contributed by atoms with Crippen LogP contribution in [0.25, 0.3) is 0 Å². The molecule has 0 spiro atoms. The lowest BCUT2D eigenvalue weighted by Crippen LogP contribution is -2.34. The minimum Gasteiger partial charge on any atom is -0.325 e. The standard InChI is InChI=1S/C15H22Cl2N2O3S/c1-11(2)7-9-19(23(3,21)22)10-8-14(20)18-13-6-4-5-12(16)15(13)17/h4-6,11H,7-10H2,1-3H3,(H,18,20). The van der Waals surface area contributed by atoms with E-state index < -0.39 is 10.0 Å². The maximum Gasteiger partial charge on any atom is 0.225 e. The molecule has 1 aromatic carbocycles. The molecule has 0 aliphatic carbocycles. The normalized spacial score (nSPS) is 12.0. The molecule has 0 bridgehead atoms. The largest absolute Gasteiger partial charge is 0.325 e. The van der Waals surface area contributed by atoms with Gasteiger partial charge in [-0.25, -0.2) is 12.7 Å². The summed E-state index contributed by atoms with van der Waals surface area (Å²) in [7, 11) is -3.34. The molecular weight excluding hydrogens is 359 g/mol. The first-order valence-electron chi connectivity index (χ1n) is 7.30. The average molecular weight is 381 g/mol. The van der Waals surface area contributed by atoms with Crippen LogP contribution in [0.5, 0.6) is 0 Å². The first-order valence-corrected chi connectivity index (χ1v) is 9.90. The predicted octanol–water partition coefficient (Wildman–Crippen LogP) is 3.63. The Morgan fingerprint density at radius 1 is 1.26 bits per heavy atom. The van der Waals surface area contributed by atoms with Crippen LogP contribution in [0.15, 0.2) is 18.2 Å². The number of carbonyl (C=O) groups excluding carboxylic acids is 1. The Hall–Kier alpha value is -0.820. The number of anilines is 1. The van der Waals surface area contributed by atoms with Crippen LogP contribution >= 0.6 is 23.2 Å². The summed E-state index contributed by atoms with van der Waals surface area (Å²) in [6.07, 6.45) is 1.95. The summed E-state index contributed by atoms with van der Waals surface area (Å²) in [4.78, 5) is 12.0. The van der Waals surface area contributed by atoms with E-state index >= 15 is 0 Å². The quantitative estimate of drug-likeness (QED) is 0.748. The second-order valence-electron chi connectivity index (χ2n) is 5.74. The van der Waals surface area contributed by atoms with E-state index in [9.17, 15) is 13.2 Å². The molecular formula is C15H22Cl2N2O3S. The van der Waals surface area contributed by atoms with Crippen molar-refractivity contribution in [1.82, 2.24) is 4.31 Å². The number of hydrogen-bond acceptors (Lipinski definition) is 3. The highest BCUT2D eigenvalue weighted by Gasteiger charge is 2.18. The van der Waals surface area contributed by atoms with Crippen LogP contribution in [-0.2, 0) is 14.8 Å². The van der Waals surface area contributed by atoms with Crippen molar-refractivity contribution in [2.75, 3.05) is 24.7 Å². The van der Waals surface area contributed by atoms with Gasteiger partial charge in [0.1, 0.15) is 0 Å². The summed E-state index contributed by atoms with van der Waals surface area (Å²) >= 11 is 11.9. The minimum absolute atomic E-state index is 0.0496. The van der Waals surface area contributed by atoms with Gasteiger partial charge in [-0.3, -0.25) is 4.79 Å². The van der Waals surface area contributed by atoms with Gasteiger partial charge in [0.05, 0.1) is 22.0 Å². The Kier molecular flexibility index (Phi) is 7.80. The molecule has 0 aliphatic rings. The molecule has 130 valence electrons. The van der Waals surface area contributed by atoms with Crippen molar-refractivity contribution in [3.63, 3.8) is 0 Å². The first kappa shape index (κ1) is 20.2. The summed E-state index contributed by atoms with van der Waals surface area (Å²) in [5.74, 6) is 0.0747. The molecule has 0 aromatic heterocycles. The van der Waals surface area contributed by atoms with Gasteiger partial charge in [0, 0.05) is 19.5 Å². The van der Waals surface area contributed by atoms with Crippen molar-refractivity contribution in [3.05, 3.63) is 28.2 Å². The van der Waals surface area contributed by atoms with Crippen molar-refractivity contribution < 1.29 is 13.2 Å². The van der Waals surface area contributed by atoms with E-state index in [-0.39, 0.29) is 23.9 Å². The van der Waals surface area contributed by atoms with Crippen LogP contribution in [0.4, 0.5) is 5.69 Å². The van der Waals surface area contributed by atoms with Gasteiger partial charge in [-0.05, 0) is 24.5 Å². The summed E-state index contributed by atoms with van der Waals surface area (Å²) in [6, 6.07) is 4.94. The van der Waals surface area contributed by atoms with Gasteiger partial charge < -0.3 is 5.32 Å². The Bertz CT molecular complexity index is 648. The van der Waals surface area contributed by atoms with Gasteiger partial charge in [-0.15, -0.1) is 0 Å². The smallest absolute Gasteiger partial charge is 0.225 e. The zero-order chi connectivity index (χ0) is 17.6. The van der Waals surface area contributed by atoms with Crippen LogP contribution in [0, 0.1) is 5.92 Å². The molecule has 1 N–H and O–H groups in total. The van der Waals surface area contributed by atoms with E-state index in [0.29, 0.717) is 23.2 Å². The zero-order valence-electron chi connectivity index (χ0n) is 13.5. The molecule has 0 aliphatic heterocycles. The van der Waals surface area contributed by atoms with Crippen LogP contribution in [-0.4, -0.2) is 38.0 Å². The Morgan fingerprint density at radius 3 is 2.48 bits per heavy atom. The molecule has 1 aromatic rings. The van der Waals surface area contributed by atoms with E-state index in [4.69, 9.17) is 23.2 Å². The van der Waals surface area contributed by atoms with Crippen molar-refractivity contribution >= 4 is 44.8 Å². The minimum atomic E-state index is -3.34. The monoisotopic (exact) mass is 380 g/mol. The number of nitrogens with zero attached hydrogens (tertiary/aromatic N) is 1. The van der Waals surface area contributed by atoms with Crippen molar-refractivity contribution in [3.8, 4) is 0 Å². The second-order valence-corrected chi connectivity index (χ2v) is 8.51. The number of benzene rings is 1. The van der Waals surface area contributed by atoms with Crippen molar-refractivity contribution in [2.24, 2.45) is 5.92 Å². The Morgan fingerprint density at radius 2 is 1.91 bits per heavy atom. The van der Waals surface area contributed by atoms with E-state index in [1.165, 1.54) is 4.31 Å². The molecule has 5 nitrogen and oxygen atoms in total. The van der Waals surface area contributed by atoms with Crippen molar-refractivity contribution in [2.45, 2.75) is 26.7 Å². The number of rotatable bonds is 8. The molecule has 0 heterocycles. The molecule has 1 amide bonds. The van der Waals surface area contributed by atoms with E-state index in [1.807, 2.05) is 13.8 Å². The maximum absolute atomic E-state index is 12.0.